The Morgan fingerprint density at radius 1 is 1.08 bits per heavy atom. The lowest BCUT2D eigenvalue weighted by Crippen LogP contribution is -2.76. The summed E-state index contributed by atoms with van der Waals surface area (Å²) in [6, 6.07) is 9.56. The van der Waals surface area contributed by atoms with Crippen molar-refractivity contribution in [2.24, 2.45) is 10.8 Å². The second-order valence-electron chi connectivity index (χ2n) is 14.0. The number of hydrogen-bond donors (Lipinski definition) is 0. The summed E-state index contributed by atoms with van der Waals surface area (Å²) in [5, 5.41) is 4.27. The Kier molecular flexibility index (Phi) is 5.31. The van der Waals surface area contributed by atoms with Gasteiger partial charge >= 0.3 is 0 Å². The number of rotatable bonds is 6. The van der Waals surface area contributed by atoms with Crippen LogP contribution in [0.3, 0.4) is 0 Å². The fraction of sp³-hybridized carbons (Fsp3) is 0.690. The SMILES string of the molecule is CC(C)(C)c1noc(C23CCC(CN(C(=O)C45CC(F)(C4)C5c4ccccc4)P(C)(C)=O)(CC2)CC3)n1. The summed E-state index contributed by atoms with van der Waals surface area (Å²) >= 11 is 0. The van der Waals surface area contributed by atoms with Crippen LogP contribution < -0.4 is 0 Å². The first kappa shape index (κ1) is 25.3. The molecule has 0 saturated heterocycles. The molecule has 0 N–H and O–H groups in total. The average Bonchev–Trinajstić information content (AvgIpc) is 3.33. The van der Waals surface area contributed by atoms with Gasteiger partial charge in [-0.3, -0.25) is 9.46 Å². The van der Waals surface area contributed by atoms with Crippen LogP contribution in [0.1, 0.15) is 95.3 Å². The highest BCUT2D eigenvalue weighted by molar-refractivity contribution is 7.60. The van der Waals surface area contributed by atoms with Gasteiger partial charge in [0.05, 0.1) is 5.41 Å². The van der Waals surface area contributed by atoms with E-state index in [0.717, 1.165) is 55.8 Å². The van der Waals surface area contributed by atoms with E-state index >= 15 is 4.39 Å². The maximum Gasteiger partial charge on any atom is 0.235 e. The maximum atomic E-state index is 15.4. The van der Waals surface area contributed by atoms with E-state index in [9.17, 15) is 9.36 Å². The number of benzene rings is 1. The molecular formula is C29H39FN3O3P. The summed E-state index contributed by atoms with van der Waals surface area (Å²) in [6.07, 6.45) is 6.11. The number of carbonyl (C=O) groups excluding carboxylic acids is 1. The fourth-order valence-corrected chi connectivity index (χ4v) is 9.05. The molecule has 1 aromatic carbocycles. The lowest BCUT2D eigenvalue weighted by atomic mass is 9.34. The Morgan fingerprint density at radius 2 is 1.68 bits per heavy atom. The van der Waals surface area contributed by atoms with Crippen LogP contribution >= 0.6 is 7.29 Å². The van der Waals surface area contributed by atoms with Crippen molar-refractivity contribution in [3.63, 3.8) is 0 Å². The largest absolute Gasteiger partial charge is 0.339 e. The van der Waals surface area contributed by atoms with E-state index in [0.29, 0.717) is 6.54 Å². The summed E-state index contributed by atoms with van der Waals surface area (Å²) in [7, 11) is -2.90. The van der Waals surface area contributed by atoms with Crippen LogP contribution in [-0.2, 0) is 20.2 Å². The minimum absolute atomic E-state index is 0.0643. The van der Waals surface area contributed by atoms with E-state index in [1.165, 1.54) is 0 Å². The van der Waals surface area contributed by atoms with Crippen molar-refractivity contribution in [2.75, 3.05) is 19.9 Å². The van der Waals surface area contributed by atoms with Crippen molar-refractivity contribution in [2.45, 2.75) is 94.6 Å². The van der Waals surface area contributed by atoms with Crippen LogP contribution in [0, 0.1) is 10.8 Å². The zero-order valence-corrected chi connectivity index (χ0v) is 23.6. The minimum atomic E-state index is -2.90. The Hall–Kier alpha value is -2.01. The van der Waals surface area contributed by atoms with Crippen molar-refractivity contribution >= 4 is 13.2 Å². The molecule has 1 atom stereocenters. The molecule has 6 saturated carbocycles. The number of aromatic nitrogens is 2. The highest BCUT2D eigenvalue weighted by Gasteiger charge is 2.81. The molecular weight excluding hydrogens is 488 g/mol. The Labute approximate surface area is 219 Å². The number of fused-ring (bicyclic) bond motifs is 3. The molecule has 0 spiro atoms. The van der Waals surface area contributed by atoms with E-state index in [2.05, 4.69) is 25.9 Å². The van der Waals surface area contributed by atoms with Gasteiger partial charge in [-0.05, 0) is 62.3 Å². The fourth-order valence-electron chi connectivity index (χ4n) is 7.78. The highest BCUT2D eigenvalue weighted by Crippen LogP contribution is 2.78. The molecule has 8 heteroatoms. The zero-order chi connectivity index (χ0) is 26.5. The molecule has 6 nitrogen and oxygen atoms in total. The third kappa shape index (κ3) is 3.70. The van der Waals surface area contributed by atoms with E-state index in [4.69, 9.17) is 9.51 Å². The van der Waals surface area contributed by atoms with Crippen molar-refractivity contribution < 1.29 is 18.3 Å². The summed E-state index contributed by atoms with van der Waals surface area (Å²) in [5.41, 5.74) is -1.50. The van der Waals surface area contributed by atoms with Gasteiger partial charge in [0.2, 0.25) is 11.8 Å². The van der Waals surface area contributed by atoms with E-state index in [1.807, 2.05) is 30.3 Å². The van der Waals surface area contributed by atoms with Gasteiger partial charge in [0, 0.05) is 36.6 Å². The third-order valence-corrected chi connectivity index (χ3v) is 11.6. The third-order valence-electron chi connectivity index (χ3n) is 10.1. The summed E-state index contributed by atoms with van der Waals surface area (Å²) < 4.78 is 36.5. The van der Waals surface area contributed by atoms with Crippen molar-refractivity contribution in [3.05, 3.63) is 47.6 Å². The monoisotopic (exact) mass is 527 g/mol. The first-order valence-electron chi connectivity index (χ1n) is 13.7. The van der Waals surface area contributed by atoms with E-state index in [1.54, 1.807) is 18.0 Å². The number of halogens is 1. The van der Waals surface area contributed by atoms with Gasteiger partial charge in [-0.25, -0.2) is 4.39 Å². The standard InChI is InChI=1S/C29H39FN3O3P/c1-25(2,3)22-31-23(36-32-22)27-14-11-26(12-15-27,13-16-27)19-33(37(4,5)35)24(34)28-17-29(30,18-28)21(28)20-9-7-6-8-10-20/h6-10,21H,11-19H2,1-5H3. The summed E-state index contributed by atoms with van der Waals surface area (Å²) in [6.45, 7) is 10.1. The molecule has 6 aliphatic rings. The molecule has 200 valence electrons. The second-order valence-corrected chi connectivity index (χ2v) is 17.1. The van der Waals surface area contributed by atoms with Crippen molar-refractivity contribution in [3.8, 4) is 0 Å². The van der Waals surface area contributed by atoms with E-state index in [-0.39, 0.29) is 35.0 Å². The smallest absolute Gasteiger partial charge is 0.235 e. The number of nitrogens with zero attached hydrogens (tertiary/aromatic N) is 3. The minimum Gasteiger partial charge on any atom is -0.339 e. The lowest BCUT2D eigenvalue weighted by Gasteiger charge is -2.71. The van der Waals surface area contributed by atoms with Gasteiger partial charge in [0.15, 0.2) is 13.1 Å². The molecule has 6 fully saturated rings. The molecule has 1 heterocycles. The Balaban J connectivity index is 1.22. The van der Waals surface area contributed by atoms with Gasteiger partial charge in [-0.2, -0.15) is 4.98 Å². The highest BCUT2D eigenvalue weighted by atomic mass is 31.2. The molecule has 6 aliphatic carbocycles. The average molecular weight is 528 g/mol. The van der Waals surface area contributed by atoms with Gasteiger partial charge in [0.1, 0.15) is 5.67 Å². The van der Waals surface area contributed by atoms with Crippen LogP contribution in [0.15, 0.2) is 34.9 Å². The van der Waals surface area contributed by atoms with Crippen molar-refractivity contribution in [1.82, 2.24) is 14.8 Å². The van der Waals surface area contributed by atoms with Crippen LogP contribution in [0.2, 0.25) is 0 Å². The van der Waals surface area contributed by atoms with Crippen LogP contribution in [0.25, 0.3) is 0 Å². The van der Waals surface area contributed by atoms with Crippen LogP contribution in [0.5, 0.6) is 0 Å². The number of carbonyl (C=O) groups is 1. The molecule has 2 aromatic rings. The normalized spacial score (nSPS) is 36.5. The number of hydrogen-bond acceptors (Lipinski definition) is 5. The van der Waals surface area contributed by atoms with Gasteiger partial charge in [-0.15, -0.1) is 0 Å². The topological polar surface area (TPSA) is 76.3 Å². The van der Waals surface area contributed by atoms with E-state index < -0.39 is 24.3 Å². The summed E-state index contributed by atoms with van der Waals surface area (Å²) in [5.74, 6) is 0.965. The molecule has 0 aliphatic heterocycles. The lowest BCUT2D eigenvalue weighted by molar-refractivity contribution is -0.239. The predicted octanol–water partition coefficient (Wildman–Crippen LogP) is 6.61. The van der Waals surface area contributed by atoms with Crippen LogP contribution in [-0.4, -0.2) is 46.3 Å². The first-order valence-corrected chi connectivity index (χ1v) is 16.2. The first-order chi connectivity index (χ1) is 17.2. The van der Waals surface area contributed by atoms with Crippen LogP contribution in [0.4, 0.5) is 4.39 Å². The zero-order valence-electron chi connectivity index (χ0n) is 22.7. The molecule has 1 amide bonds. The molecule has 4 bridgehead atoms. The molecule has 0 radical (unpaired) electrons. The predicted molar refractivity (Wildman–Crippen MR) is 141 cm³/mol. The van der Waals surface area contributed by atoms with Crippen molar-refractivity contribution in [1.29, 1.82) is 0 Å². The Bertz CT molecular complexity index is 1250. The number of amides is 1. The van der Waals surface area contributed by atoms with Gasteiger partial charge in [-0.1, -0.05) is 56.3 Å². The number of alkyl halides is 1. The molecule has 1 aromatic heterocycles. The summed E-state index contributed by atoms with van der Waals surface area (Å²) in [4.78, 5) is 18.9. The second kappa shape index (κ2) is 7.77. The molecule has 37 heavy (non-hydrogen) atoms. The Morgan fingerprint density at radius 3 is 2.16 bits per heavy atom. The maximum absolute atomic E-state index is 15.4. The van der Waals surface area contributed by atoms with Gasteiger partial charge < -0.3 is 9.09 Å². The molecule has 1 unspecified atom stereocenters. The van der Waals surface area contributed by atoms with Gasteiger partial charge in [0.25, 0.3) is 0 Å². The quantitative estimate of drug-likeness (QED) is 0.395. The molecule has 8 rings (SSSR count).